The van der Waals surface area contributed by atoms with Gasteiger partial charge in [0.1, 0.15) is 5.69 Å². The van der Waals surface area contributed by atoms with Crippen LogP contribution in [0.15, 0.2) is 57.9 Å². The van der Waals surface area contributed by atoms with Gasteiger partial charge in [0, 0.05) is 16.7 Å². The first-order valence-electron chi connectivity index (χ1n) is 7.86. The molecule has 3 aromatic rings. The number of methoxy groups -OCH3 is 2. The van der Waals surface area contributed by atoms with Gasteiger partial charge in [-0.3, -0.25) is 0 Å². The lowest BCUT2D eigenvalue weighted by molar-refractivity contribution is 0.355. The molecule has 0 saturated carbocycles. The molecule has 0 unspecified atom stereocenters. The van der Waals surface area contributed by atoms with Crippen LogP contribution in [-0.4, -0.2) is 27.8 Å². The van der Waals surface area contributed by atoms with Gasteiger partial charge in [0.15, 0.2) is 17.3 Å². The molecule has 0 bridgehead atoms. The predicted octanol–water partition coefficient (Wildman–Crippen LogP) is 3.49. The van der Waals surface area contributed by atoms with Gasteiger partial charge in [-0.2, -0.15) is 0 Å². The Balaban J connectivity index is 1.74. The lowest BCUT2D eigenvalue weighted by atomic mass is 10.1. The van der Waals surface area contributed by atoms with E-state index < -0.39 is 10.0 Å². The molecule has 0 aliphatic heterocycles. The first kappa shape index (κ1) is 19.2. The van der Waals surface area contributed by atoms with Crippen molar-refractivity contribution in [2.75, 3.05) is 14.2 Å². The van der Waals surface area contributed by atoms with Crippen LogP contribution < -0.4 is 14.2 Å². The highest BCUT2D eigenvalue weighted by atomic mass is 35.5. The molecular formula is C18H17ClN2O5S. The highest BCUT2D eigenvalue weighted by molar-refractivity contribution is 7.89. The molecule has 0 amide bonds. The monoisotopic (exact) mass is 408 g/mol. The van der Waals surface area contributed by atoms with Gasteiger partial charge in [0.05, 0.1) is 25.7 Å². The van der Waals surface area contributed by atoms with Gasteiger partial charge in [-0.15, -0.1) is 0 Å². The van der Waals surface area contributed by atoms with Crippen molar-refractivity contribution in [3.8, 4) is 22.8 Å². The molecule has 9 heteroatoms. The van der Waals surface area contributed by atoms with Crippen molar-refractivity contribution in [3.05, 3.63) is 59.3 Å². The van der Waals surface area contributed by atoms with E-state index in [0.717, 1.165) is 5.56 Å². The maximum Gasteiger partial charge on any atom is 0.240 e. The van der Waals surface area contributed by atoms with Crippen LogP contribution >= 0.6 is 11.6 Å². The first-order chi connectivity index (χ1) is 12.9. The number of rotatable bonds is 7. The average molecular weight is 409 g/mol. The second-order valence-electron chi connectivity index (χ2n) is 5.53. The maximum atomic E-state index is 12.3. The van der Waals surface area contributed by atoms with Gasteiger partial charge in [-0.25, -0.2) is 13.1 Å². The summed E-state index contributed by atoms with van der Waals surface area (Å²) in [5.41, 5.74) is 1.31. The molecule has 7 nitrogen and oxygen atoms in total. The fourth-order valence-electron chi connectivity index (χ4n) is 2.39. The van der Waals surface area contributed by atoms with Crippen molar-refractivity contribution in [2.24, 2.45) is 0 Å². The fourth-order valence-corrected chi connectivity index (χ4v) is 3.51. The number of ether oxygens (including phenoxy) is 2. The summed E-state index contributed by atoms with van der Waals surface area (Å²) < 4.78 is 42.8. The van der Waals surface area contributed by atoms with Crippen LogP contribution in [0.5, 0.6) is 11.5 Å². The Morgan fingerprint density at radius 1 is 1.04 bits per heavy atom. The van der Waals surface area contributed by atoms with E-state index in [9.17, 15) is 8.42 Å². The van der Waals surface area contributed by atoms with Gasteiger partial charge in [0.25, 0.3) is 0 Å². The SMILES string of the molecule is COc1ccc(-c2cc(CNS(=O)(=O)c3ccc(Cl)cc3)on2)cc1OC. The number of hydrogen-bond donors (Lipinski definition) is 1. The van der Waals surface area contributed by atoms with E-state index >= 15 is 0 Å². The Morgan fingerprint density at radius 2 is 1.74 bits per heavy atom. The summed E-state index contributed by atoms with van der Waals surface area (Å²) in [6.07, 6.45) is 0. The summed E-state index contributed by atoms with van der Waals surface area (Å²) in [6, 6.07) is 12.9. The Labute approximate surface area is 161 Å². The van der Waals surface area contributed by atoms with Crippen LogP contribution in [0.1, 0.15) is 5.76 Å². The minimum Gasteiger partial charge on any atom is -0.493 e. The van der Waals surface area contributed by atoms with E-state index in [1.165, 1.54) is 24.3 Å². The standard InChI is InChI=1S/C18H17ClN2O5S/c1-24-17-8-3-12(9-18(17)25-2)16-10-14(26-21-16)11-20-27(22,23)15-6-4-13(19)5-7-15/h3-10,20H,11H2,1-2H3. The van der Waals surface area contributed by atoms with Gasteiger partial charge < -0.3 is 14.0 Å². The average Bonchev–Trinajstić information content (AvgIpc) is 3.15. The zero-order valence-corrected chi connectivity index (χ0v) is 16.2. The van der Waals surface area contributed by atoms with Crippen molar-refractivity contribution in [3.63, 3.8) is 0 Å². The van der Waals surface area contributed by atoms with E-state index in [1.807, 2.05) is 0 Å². The number of sulfonamides is 1. The van der Waals surface area contributed by atoms with Gasteiger partial charge >= 0.3 is 0 Å². The van der Waals surface area contributed by atoms with E-state index in [1.54, 1.807) is 38.5 Å². The number of halogens is 1. The summed E-state index contributed by atoms with van der Waals surface area (Å²) >= 11 is 5.78. The highest BCUT2D eigenvalue weighted by Gasteiger charge is 2.16. The minimum absolute atomic E-state index is 0.0365. The number of nitrogens with one attached hydrogen (secondary N) is 1. The minimum atomic E-state index is -3.68. The van der Waals surface area contributed by atoms with Crippen LogP contribution in [0.3, 0.4) is 0 Å². The molecule has 1 heterocycles. The van der Waals surface area contributed by atoms with Crippen LogP contribution in [0, 0.1) is 0 Å². The quantitative estimate of drug-likeness (QED) is 0.643. The van der Waals surface area contributed by atoms with E-state index in [0.29, 0.717) is 28.0 Å². The van der Waals surface area contributed by atoms with Crippen molar-refractivity contribution in [2.45, 2.75) is 11.4 Å². The van der Waals surface area contributed by atoms with E-state index in [2.05, 4.69) is 9.88 Å². The molecule has 142 valence electrons. The second-order valence-corrected chi connectivity index (χ2v) is 7.73. The molecule has 27 heavy (non-hydrogen) atoms. The molecule has 0 saturated heterocycles. The first-order valence-corrected chi connectivity index (χ1v) is 9.72. The van der Waals surface area contributed by atoms with Crippen LogP contribution in [0.25, 0.3) is 11.3 Å². The van der Waals surface area contributed by atoms with Crippen LogP contribution in [0.4, 0.5) is 0 Å². The summed E-state index contributed by atoms with van der Waals surface area (Å²) in [4.78, 5) is 0.117. The normalized spacial score (nSPS) is 11.4. The van der Waals surface area contributed by atoms with Crippen molar-refractivity contribution < 1.29 is 22.4 Å². The topological polar surface area (TPSA) is 90.7 Å². The van der Waals surface area contributed by atoms with E-state index in [4.69, 9.17) is 25.6 Å². The largest absolute Gasteiger partial charge is 0.493 e. The summed E-state index contributed by atoms with van der Waals surface area (Å²) in [6.45, 7) is -0.0365. The molecule has 0 aliphatic carbocycles. The lowest BCUT2D eigenvalue weighted by Crippen LogP contribution is -2.22. The molecule has 1 N–H and O–H groups in total. The molecule has 1 aromatic heterocycles. The van der Waals surface area contributed by atoms with E-state index in [-0.39, 0.29) is 11.4 Å². The Kier molecular flexibility index (Phi) is 5.69. The predicted molar refractivity (Wildman–Crippen MR) is 101 cm³/mol. The second kappa shape index (κ2) is 7.99. The number of hydrogen-bond acceptors (Lipinski definition) is 6. The molecule has 0 atom stereocenters. The highest BCUT2D eigenvalue weighted by Crippen LogP contribution is 2.32. The number of benzene rings is 2. The third-order valence-electron chi connectivity index (χ3n) is 3.80. The third-order valence-corrected chi connectivity index (χ3v) is 5.47. The summed E-state index contributed by atoms with van der Waals surface area (Å²) in [7, 11) is -0.586. The zero-order chi connectivity index (χ0) is 19.4. The Morgan fingerprint density at radius 3 is 2.41 bits per heavy atom. The number of nitrogens with zero attached hydrogens (tertiary/aromatic N) is 1. The fraction of sp³-hybridized carbons (Fsp3) is 0.167. The molecule has 0 fully saturated rings. The van der Waals surface area contributed by atoms with Crippen molar-refractivity contribution in [1.29, 1.82) is 0 Å². The Bertz CT molecular complexity index is 1030. The van der Waals surface area contributed by atoms with Gasteiger partial charge in [-0.05, 0) is 42.5 Å². The van der Waals surface area contributed by atoms with Crippen molar-refractivity contribution >= 4 is 21.6 Å². The van der Waals surface area contributed by atoms with Gasteiger partial charge in [-0.1, -0.05) is 16.8 Å². The maximum absolute atomic E-state index is 12.3. The van der Waals surface area contributed by atoms with Gasteiger partial charge in [0.2, 0.25) is 10.0 Å². The lowest BCUT2D eigenvalue weighted by Gasteiger charge is -2.07. The molecular weight excluding hydrogens is 392 g/mol. The smallest absolute Gasteiger partial charge is 0.240 e. The van der Waals surface area contributed by atoms with Crippen molar-refractivity contribution in [1.82, 2.24) is 9.88 Å². The summed E-state index contributed by atoms with van der Waals surface area (Å²) in [5.74, 6) is 1.53. The van der Waals surface area contributed by atoms with Crippen LogP contribution in [-0.2, 0) is 16.6 Å². The summed E-state index contributed by atoms with van der Waals surface area (Å²) in [5, 5.41) is 4.44. The zero-order valence-electron chi connectivity index (χ0n) is 14.6. The molecule has 0 spiro atoms. The number of aromatic nitrogens is 1. The third kappa shape index (κ3) is 4.41. The molecule has 0 aliphatic rings. The molecule has 3 rings (SSSR count). The molecule has 2 aromatic carbocycles. The van der Waals surface area contributed by atoms with Crippen LogP contribution in [0.2, 0.25) is 5.02 Å². The Hall–Kier alpha value is -2.55. The molecule has 0 radical (unpaired) electrons.